The van der Waals surface area contributed by atoms with Gasteiger partial charge in [0.1, 0.15) is 11.9 Å². The molecule has 0 spiro atoms. The minimum Gasteiger partial charge on any atom is -0.345 e. The van der Waals surface area contributed by atoms with Crippen molar-refractivity contribution in [2.24, 2.45) is 0 Å². The maximum atomic E-state index is 13.9. The quantitative estimate of drug-likeness (QED) is 0.865. The number of rotatable bonds is 3. The molecule has 2 saturated heterocycles. The molecule has 7 nitrogen and oxygen atoms in total. The molecule has 2 aliphatic rings. The lowest BCUT2D eigenvalue weighted by Crippen LogP contribution is -2.65. The molecule has 0 radical (unpaired) electrons. The minimum absolute atomic E-state index is 0.0478. The van der Waals surface area contributed by atoms with E-state index in [1.807, 2.05) is 24.6 Å². The number of aromatic nitrogens is 2. The van der Waals surface area contributed by atoms with Crippen molar-refractivity contribution in [3.63, 3.8) is 0 Å². The summed E-state index contributed by atoms with van der Waals surface area (Å²) >= 11 is 0. The van der Waals surface area contributed by atoms with Gasteiger partial charge in [-0.15, -0.1) is 0 Å². The average Bonchev–Trinajstić information content (AvgIpc) is 2.97. The van der Waals surface area contributed by atoms with Crippen LogP contribution in [0.5, 0.6) is 0 Å². The largest absolute Gasteiger partial charge is 0.345 e. The summed E-state index contributed by atoms with van der Waals surface area (Å²) in [5, 5.41) is 7.15. The average molecular weight is 371 g/mol. The summed E-state index contributed by atoms with van der Waals surface area (Å²) in [4.78, 5) is 27.9. The first-order valence-electron chi connectivity index (χ1n) is 9.04. The number of fused-ring (bicyclic) bond motifs is 1. The molecule has 2 aliphatic heterocycles. The van der Waals surface area contributed by atoms with Crippen LogP contribution < -0.4 is 5.32 Å². The topological polar surface area (TPSA) is 70.5 Å². The number of amides is 2. The lowest BCUT2D eigenvalue weighted by molar-refractivity contribution is -0.149. The Morgan fingerprint density at radius 2 is 2.04 bits per heavy atom. The van der Waals surface area contributed by atoms with Gasteiger partial charge in [0.15, 0.2) is 0 Å². The van der Waals surface area contributed by atoms with Crippen molar-refractivity contribution in [3.05, 3.63) is 47.0 Å². The van der Waals surface area contributed by atoms with Gasteiger partial charge in [-0.25, -0.2) is 9.07 Å². The van der Waals surface area contributed by atoms with Crippen LogP contribution in [0, 0.1) is 19.7 Å². The summed E-state index contributed by atoms with van der Waals surface area (Å²) in [6.07, 6.45) is 0. The minimum atomic E-state index is -0.481. The molecule has 27 heavy (non-hydrogen) atoms. The fourth-order valence-corrected chi connectivity index (χ4v) is 3.89. The Kier molecular flexibility index (Phi) is 4.43. The molecule has 2 fully saturated rings. The van der Waals surface area contributed by atoms with Crippen molar-refractivity contribution in [1.82, 2.24) is 24.9 Å². The fourth-order valence-electron chi connectivity index (χ4n) is 3.89. The Balaban J connectivity index is 1.60. The standard InChI is InChI=1S/C19H22FN5O2/c1-12-7-13(2)25(22-12)16-4-3-15(20)8-14(16)10-23-5-6-24-17(11-23)19(27)21-9-18(24)26/h3-4,7-8,17H,5-6,9-11H2,1-2H3,(H,21,27). The van der Waals surface area contributed by atoms with Crippen LogP contribution in [0.2, 0.25) is 0 Å². The van der Waals surface area contributed by atoms with Crippen LogP contribution in [0.25, 0.3) is 5.69 Å². The van der Waals surface area contributed by atoms with Crippen LogP contribution in [-0.4, -0.2) is 63.6 Å². The van der Waals surface area contributed by atoms with Gasteiger partial charge in [-0.2, -0.15) is 5.10 Å². The zero-order valence-corrected chi connectivity index (χ0v) is 15.4. The molecule has 142 valence electrons. The van der Waals surface area contributed by atoms with Gasteiger partial charge in [-0.05, 0) is 43.7 Å². The van der Waals surface area contributed by atoms with E-state index in [1.54, 1.807) is 11.0 Å². The first kappa shape index (κ1) is 17.7. The van der Waals surface area contributed by atoms with E-state index in [2.05, 4.69) is 15.3 Å². The predicted octanol–water partition coefficient (Wildman–Crippen LogP) is 0.771. The van der Waals surface area contributed by atoms with E-state index in [0.717, 1.165) is 22.6 Å². The number of carbonyl (C=O) groups is 2. The highest BCUT2D eigenvalue weighted by atomic mass is 19.1. The lowest BCUT2D eigenvalue weighted by atomic mass is 10.1. The van der Waals surface area contributed by atoms with Crippen LogP contribution in [0.15, 0.2) is 24.3 Å². The van der Waals surface area contributed by atoms with Crippen molar-refractivity contribution in [2.75, 3.05) is 26.2 Å². The molecule has 0 bridgehead atoms. The van der Waals surface area contributed by atoms with E-state index >= 15 is 0 Å². The fraction of sp³-hybridized carbons (Fsp3) is 0.421. The van der Waals surface area contributed by atoms with Gasteiger partial charge in [0.05, 0.1) is 17.9 Å². The number of hydrogen-bond acceptors (Lipinski definition) is 4. The van der Waals surface area contributed by atoms with Crippen LogP contribution in [0.4, 0.5) is 4.39 Å². The summed E-state index contributed by atoms with van der Waals surface area (Å²) < 4.78 is 15.8. The monoisotopic (exact) mass is 371 g/mol. The Labute approximate surface area is 156 Å². The van der Waals surface area contributed by atoms with E-state index < -0.39 is 6.04 Å². The second kappa shape index (κ2) is 6.77. The predicted molar refractivity (Wildman–Crippen MR) is 96.8 cm³/mol. The van der Waals surface area contributed by atoms with Crippen LogP contribution >= 0.6 is 0 Å². The summed E-state index contributed by atoms with van der Waals surface area (Å²) in [6.45, 7) is 6.02. The molecule has 1 aromatic carbocycles. The maximum absolute atomic E-state index is 13.9. The van der Waals surface area contributed by atoms with Gasteiger partial charge in [0.25, 0.3) is 0 Å². The number of nitrogens with one attached hydrogen (secondary N) is 1. The summed E-state index contributed by atoms with van der Waals surface area (Å²) in [7, 11) is 0. The molecule has 3 heterocycles. The number of piperazine rings is 2. The summed E-state index contributed by atoms with van der Waals surface area (Å²) in [5.41, 5.74) is 3.50. The Morgan fingerprint density at radius 3 is 2.78 bits per heavy atom. The maximum Gasteiger partial charge on any atom is 0.244 e. The Morgan fingerprint density at radius 1 is 1.22 bits per heavy atom. The van der Waals surface area contributed by atoms with Gasteiger partial charge >= 0.3 is 0 Å². The first-order valence-corrected chi connectivity index (χ1v) is 9.04. The summed E-state index contributed by atoms with van der Waals surface area (Å²) in [5.74, 6) is -0.481. The van der Waals surface area contributed by atoms with Crippen molar-refractivity contribution >= 4 is 11.8 Å². The van der Waals surface area contributed by atoms with Gasteiger partial charge in [0, 0.05) is 31.9 Å². The number of benzene rings is 1. The third-order valence-corrected chi connectivity index (χ3v) is 5.17. The molecule has 8 heteroatoms. The molecular formula is C19H22FN5O2. The van der Waals surface area contributed by atoms with Gasteiger partial charge in [-0.3, -0.25) is 14.5 Å². The van der Waals surface area contributed by atoms with E-state index in [0.29, 0.717) is 26.2 Å². The lowest BCUT2D eigenvalue weighted by Gasteiger charge is -2.43. The van der Waals surface area contributed by atoms with E-state index in [1.165, 1.54) is 12.1 Å². The second-order valence-corrected chi connectivity index (χ2v) is 7.17. The highest BCUT2D eigenvalue weighted by Crippen LogP contribution is 2.22. The normalized spacial score (nSPS) is 20.6. The van der Waals surface area contributed by atoms with Crippen molar-refractivity contribution < 1.29 is 14.0 Å². The highest BCUT2D eigenvalue weighted by Gasteiger charge is 2.38. The number of hydrogen-bond donors (Lipinski definition) is 1. The zero-order chi connectivity index (χ0) is 19.1. The van der Waals surface area contributed by atoms with Crippen molar-refractivity contribution in [1.29, 1.82) is 0 Å². The molecule has 0 saturated carbocycles. The number of aryl methyl sites for hydroxylation is 2. The second-order valence-electron chi connectivity index (χ2n) is 7.17. The van der Waals surface area contributed by atoms with Gasteiger partial charge in [-0.1, -0.05) is 0 Å². The van der Waals surface area contributed by atoms with Gasteiger partial charge < -0.3 is 10.2 Å². The third-order valence-electron chi connectivity index (χ3n) is 5.17. The molecular weight excluding hydrogens is 349 g/mol. The molecule has 2 aromatic rings. The van der Waals surface area contributed by atoms with E-state index in [9.17, 15) is 14.0 Å². The van der Waals surface area contributed by atoms with Gasteiger partial charge in [0.2, 0.25) is 11.8 Å². The van der Waals surface area contributed by atoms with Crippen LogP contribution in [0.1, 0.15) is 17.0 Å². The van der Waals surface area contributed by atoms with E-state index in [4.69, 9.17) is 0 Å². The molecule has 1 N–H and O–H groups in total. The van der Waals surface area contributed by atoms with Crippen molar-refractivity contribution in [3.8, 4) is 5.69 Å². The molecule has 1 atom stereocenters. The van der Waals surface area contributed by atoms with Crippen LogP contribution in [-0.2, 0) is 16.1 Å². The Hall–Kier alpha value is -2.74. The molecule has 1 aromatic heterocycles. The summed E-state index contributed by atoms with van der Waals surface area (Å²) in [6, 6.07) is 6.18. The van der Waals surface area contributed by atoms with E-state index in [-0.39, 0.29) is 24.2 Å². The molecule has 1 unspecified atom stereocenters. The zero-order valence-electron chi connectivity index (χ0n) is 15.4. The number of nitrogens with zero attached hydrogens (tertiary/aromatic N) is 4. The molecule has 0 aliphatic carbocycles. The number of carbonyl (C=O) groups excluding carboxylic acids is 2. The highest BCUT2D eigenvalue weighted by molar-refractivity contribution is 5.95. The number of halogens is 1. The van der Waals surface area contributed by atoms with Crippen molar-refractivity contribution in [2.45, 2.75) is 26.4 Å². The smallest absolute Gasteiger partial charge is 0.244 e. The molecule has 4 rings (SSSR count). The molecule has 2 amide bonds. The van der Waals surface area contributed by atoms with Crippen LogP contribution in [0.3, 0.4) is 0 Å². The SMILES string of the molecule is Cc1cc(C)n(-c2ccc(F)cc2CN2CCN3C(=O)CNC(=O)C3C2)n1. The third kappa shape index (κ3) is 3.32. The first-order chi connectivity index (χ1) is 12.9. The Bertz CT molecular complexity index is 910.